The molecule has 27 heavy (non-hydrogen) atoms. The molecule has 146 valence electrons. The van der Waals surface area contributed by atoms with Crippen LogP contribution >= 0.6 is 0 Å². The molecule has 0 saturated carbocycles. The standard InChI is InChI=1S/C19H26N4O3S/c1-15-7-9-18(10-8-15)27(24,25)23-12-11-21-19(20-2)22-14-16-5-4-6-17(13-16)26-3/h4-10,13,23H,11-12,14H2,1-3H3,(H2,20,21,22). The molecule has 2 rings (SSSR count). The van der Waals surface area contributed by atoms with E-state index < -0.39 is 10.0 Å². The molecule has 0 atom stereocenters. The molecule has 0 bridgehead atoms. The van der Waals surface area contributed by atoms with Crippen molar-refractivity contribution in [1.29, 1.82) is 0 Å². The molecule has 2 aromatic carbocycles. The second-order valence-electron chi connectivity index (χ2n) is 5.91. The smallest absolute Gasteiger partial charge is 0.240 e. The third-order valence-corrected chi connectivity index (χ3v) is 5.34. The molecule has 0 saturated heterocycles. The van der Waals surface area contributed by atoms with E-state index in [4.69, 9.17) is 4.74 Å². The summed E-state index contributed by atoms with van der Waals surface area (Å²) in [5.74, 6) is 1.38. The van der Waals surface area contributed by atoms with Crippen molar-refractivity contribution in [2.45, 2.75) is 18.4 Å². The van der Waals surface area contributed by atoms with Gasteiger partial charge in [0.2, 0.25) is 10.0 Å². The van der Waals surface area contributed by atoms with Gasteiger partial charge in [0.15, 0.2) is 5.96 Å². The molecule has 8 heteroatoms. The van der Waals surface area contributed by atoms with Gasteiger partial charge in [0, 0.05) is 26.7 Å². The summed E-state index contributed by atoms with van der Waals surface area (Å²) in [5, 5.41) is 6.26. The zero-order valence-electron chi connectivity index (χ0n) is 15.8. The topological polar surface area (TPSA) is 91.8 Å². The normalized spacial score (nSPS) is 11.9. The van der Waals surface area contributed by atoms with Crippen LogP contribution in [0.4, 0.5) is 0 Å². The van der Waals surface area contributed by atoms with Gasteiger partial charge in [0.05, 0.1) is 12.0 Å². The lowest BCUT2D eigenvalue weighted by atomic mass is 10.2. The largest absolute Gasteiger partial charge is 0.497 e. The predicted molar refractivity (Wildman–Crippen MR) is 108 cm³/mol. The van der Waals surface area contributed by atoms with Crippen LogP contribution in [0.15, 0.2) is 58.4 Å². The number of hydrogen-bond donors (Lipinski definition) is 3. The van der Waals surface area contributed by atoms with E-state index in [9.17, 15) is 8.42 Å². The van der Waals surface area contributed by atoms with Crippen LogP contribution in [-0.4, -0.2) is 41.6 Å². The predicted octanol–water partition coefficient (Wildman–Crippen LogP) is 1.65. The number of methoxy groups -OCH3 is 1. The molecular formula is C19H26N4O3S. The summed E-state index contributed by atoms with van der Waals surface area (Å²) in [6, 6.07) is 14.5. The van der Waals surface area contributed by atoms with Crippen LogP contribution in [0.2, 0.25) is 0 Å². The Labute approximate surface area is 160 Å². The monoisotopic (exact) mass is 390 g/mol. The quantitative estimate of drug-likeness (QED) is 0.362. The fourth-order valence-electron chi connectivity index (χ4n) is 2.36. The van der Waals surface area contributed by atoms with E-state index in [1.165, 1.54) is 0 Å². The van der Waals surface area contributed by atoms with Crippen LogP contribution in [0.1, 0.15) is 11.1 Å². The number of nitrogens with one attached hydrogen (secondary N) is 3. The highest BCUT2D eigenvalue weighted by atomic mass is 32.2. The molecule has 0 aliphatic heterocycles. The van der Waals surface area contributed by atoms with Crippen molar-refractivity contribution in [3.63, 3.8) is 0 Å². The van der Waals surface area contributed by atoms with Crippen LogP contribution in [0.3, 0.4) is 0 Å². The Morgan fingerprint density at radius 3 is 2.48 bits per heavy atom. The maximum atomic E-state index is 12.2. The maximum absolute atomic E-state index is 12.2. The van der Waals surface area contributed by atoms with Crippen LogP contribution in [-0.2, 0) is 16.6 Å². The molecule has 0 spiro atoms. The van der Waals surface area contributed by atoms with Crippen LogP contribution in [0.5, 0.6) is 5.75 Å². The van der Waals surface area contributed by atoms with Gasteiger partial charge in [-0.3, -0.25) is 4.99 Å². The minimum absolute atomic E-state index is 0.246. The lowest BCUT2D eigenvalue weighted by molar-refractivity contribution is 0.414. The first-order valence-corrected chi connectivity index (χ1v) is 10.1. The van der Waals surface area contributed by atoms with Gasteiger partial charge in [-0.1, -0.05) is 29.8 Å². The summed E-state index contributed by atoms with van der Waals surface area (Å²) in [4.78, 5) is 4.39. The second-order valence-corrected chi connectivity index (χ2v) is 7.68. The Bertz CT molecular complexity index is 865. The SMILES string of the molecule is CN=C(NCCNS(=O)(=O)c1ccc(C)cc1)NCc1cccc(OC)c1. The number of aliphatic imine (C=N–C) groups is 1. The minimum atomic E-state index is -3.51. The number of rotatable bonds is 8. The third-order valence-electron chi connectivity index (χ3n) is 3.86. The highest BCUT2D eigenvalue weighted by Gasteiger charge is 2.12. The Hall–Kier alpha value is -2.58. The first-order chi connectivity index (χ1) is 12.9. The highest BCUT2D eigenvalue weighted by Crippen LogP contribution is 2.12. The van der Waals surface area contributed by atoms with Gasteiger partial charge < -0.3 is 15.4 Å². The summed E-state index contributed by atoms with van der Waals surface area (Å²) < 4.78 is 32.2. The average molecular weight is 391 g/mol. The van der Waals surface area contributed by atoms with Gasteiger partial charge >= 0.3 is 0 Å². The van der Waals surface area contributed by atoms with Crippen LogP contribution < -0.4 is 20.1 Å². The number of guanidine groups is 1. The lowest BCUT2D eigenvalue weighted by Crippen LogP contribution is -2.41. The Balaban J connectivity index is 1.78. The van der Waals surface area contributed by atoms with E-state index >= 15 is 0 Å². The summed E-state index contributed by atoms with van der Waals surface area (Å²) >= 11 is 0. The first kappa shape index (κ1) is 20.7. The summed E-state index contributed by atoms with van der Waals surface area (Å²) in [5.41, 5.74) is 2.07. The summed E-state index contributed by atoms with van der Waals surface area (Å²) in [7, 11) is -0.215. The minimum Gasteiger partial charge on any atom is -0.497 e. The molecular weight excluding hydrogens is 364 g/mol. The van der Waals surface area contributed by atoms with Gasteiger partial charge in [0.25, 0.3) is 0 Å². The fraction of sp³-hybridized carbons (Fsp3) is 0.316. The zero-order chi connectivity index (χ0) is 19.7. The van der Waals surface area contributed by atoms with E-state index in [0.29, 0.717) is 19.0 Å². The van der Waals surface area contributed by atoms with Crippen molar-refractivity contribution in [3.8, 4) is 5.75 Å². The number of ether oxygens (including phenoxy) is 1. The molecule has 0 heterocycles. The number of hydrogen-bond acceptors (Lipinski definition) is 4. The molecule has 2 aromatic rings. The van der Waals surface area contributed by atoms with Crippen LogP contribution in [0.25, 0.3) is 0 Å². The van der Waals surface area contributed by atoms with E-state index in [1.54, 1.807) is 38.4 Å². The lowest BCUT2D eigenvalue weighted by Gasteiger charge is -2.13. The molecule has 0 radical (unpaired) electrons. The molecule has 7 nitrogen and oxygen atoms in total. The molecule has 0 aliphatic carbocycles. The van der Waals surface area contributed by atoms with E-state index in [0.717, 1.165) is 16.9 Å². The van der Waals surface area contributed by atoms with Gasteiger partial charge in [-0.2, -0.15) is 0 Å². The summed E-state index contributed by atoms with van der Waals surface area (Å²) in [6.07, 6.45) is 0. The van der Waals surface area contributed by atoms with E-state index in [2.05, 4.69) is 20.3 Å². The van der Waals surface area contributed by atoms with Gasteiger partial charge in [-0.15, -0.1) is 0 Å². The molecule has 0 fully saturated rings. The number of sulfonamides is 1. The number of nitrogens with zero attached hydrogens (tertiary/aromatic N) is 1. The van der Waals surface area contributed by atoms with Gasteiger partial charge in [-0.25, -0.2) is 13.1 Å². The van der Waals surface area contributed by atoms with Crippen molar-refractivity contribution >= 4 is 16.0 Å². The van der Waals surface area contributed by atoms with Crippen molar-refractivity contribution < 1.29 is 13.2 Å². The second kappa shape index (κ2) is 9.94. The van der Waals surface area contributed by atoms with Crippen molar-refractivity contribution in [2.75, 3.05) is 27.2 Å². The molecule has 0 amide bonds. The summed E-state index contributed by atoms with van der Waals surface area (Å²) in [6.45, 7) is 3.14. The molecule has 0 unspecified atom stereocenters. The maximum Gasteiger partial charge on any atom is 0.240 e. The Morgan fingerprint density at radius 1 is 1.07 bits per heavy atom. The van der Waals surface area contributed by atoms with Crippen molar-refractivity contribution in [1.82, 2.24) is 15.4 Å². The molecule has 0 aliphatic rings. The van der Waals surface area contributed by atoms with Gasteiger partial charge in [0.1, 0.15) is 5.75 Å². The number of aryl methyl sites for hydroxylation is 1. The zero-order valence-corrected chi connectivity index (χ0v) is 16.6. The van der Waals surface area contributed by atoms with Crippen LogP contribution in [0, 0.1) is 6.92 Å². The molecule has 3 N–H and O–H groups in total. The van der Waals surface area contributed by atoms with E-state index in [1.807, 2.05) is 31.2 Å². The third kappa shape index (κ3) is 6.58. The van der Waals surface area contributed by atoms with E-state index in [-0.39, 0.29) is 11.4 Å². The first-order valence-electron chi connectivity index (χ1n) is 8.58. The highest BCUT2D eigenvalue weighted by molar-refractivity contribution is 7.89. The van der Waals surface area contributed by atoms with Gasteiger partial charge in [-0.05, 0) is 36.8 Å². The fourth-order valence-corrected chi connectivity index (χ4v) is 3.39. The molecule has 0 aromatic heterocycles. The number of benzene rings is 2. The van der Waals surface area contributed by atoms with Crippen molar-refractivity contribution in [2.24, 2.45) is 4.99 Å². The Kier molecular flexibility index (Phi) is 7.63. The van der Waals surface area contributed by atoms with Crippen molar-refractivity contribution in [3.05, 3.63) is 59.7 Å². The Morgan fingerprint density at radius 2 is 1.81 bits per heavy atom. The average Bonchev–Trinajstić information content (AvgIpc) is 2.68.